The minimum atomic E-state index is -0.422. The molecule has 23 rings (SSSR count). The van der Waals surface area contributed by atoms with Crippen LogP contribution < -0.4 is 5.46 Å². The summed E-state index contributed by atoms with van der Waals surface area (Å²) in [6, 6.07) is 149. The number of hydrogen-bond acceptors (Lipinski definition) is 8. The molecule has 0 aliphatic carbocycles. The molecule has 1 aliphatic rings. The van der Waals surface area contributed by atoms with Gasteiger partial charge in [0.1, 0.15) is 0 Å². The van der Waals surface area contributed by atoms with Gasteiger partial charge in [-0.15, -0.1) is 0 Å². The number of nitrogens with zero attached hydrogens (tertiary/aromatic N) is 6. The summed E-state index contributed by atoms with van der Waals surface area (Å²) in [6.07, 6.45) is 0. The van der Waals surface area contributed by atoms with E-state index in [2.05, 4.69) is 395 Å². The van der Waals surface area contributed by atoms with E-state index in [4.69, 9.17) is 39.2 Å². The lowest BCUT2D eigenvalue weighted by molar-refractivity contribution is 0.00578. The molecule has 0 spiro atoms. The fourth-order valence-corrected chi connectivity index (χ4v) is 17.9. The Hall–Kier alpha value is -15.0. The second-order valence-electron chi connectivity index (χ2n) is 33.1. The highest BCUT2D eigenvalue weighted by Gasteiger charge is 2.52. The van der Waals surface area contributed by atoms with Gasteiger partial charge < -0.3 is 9.31 Å². The van der Waals surface area contributed by atoms with Gasteiger partial charge in [0.25, 0.3) is 0 Å². The molecule has 8 nitrogen and oxygen atoms in total. The Balaban J connectivity index is 0.000000127. The van der Waals surface area contributed by atoms with Crippen molar-refractivity contribution in [3.8, 4) is 124 Å². The number of pyridine rings is 2. The highest BCUT2D eigenvalue weighted by atomic mass is 79.9. The summed E-state index contributed by atoms with van der Waals surface area (Å²) in [6.45, 7) is 8.36. The minimum Gasteiger partial charge on any atom is -0.399 e. The van der Waals surface area contributed by atoms with Crippen molar-refractivity contribution in [1.82, 2.24) is 29.9 Å². The van der Waals surface area contributed by atoms with E-state index in [9.17, 15) is 0 Å². The van der Waals surface area contributed by atoms with Gasteiger partial charge in [-0.25, -0.2) is 29.9 Å². The van der Waals surface area contributed by atoms with E-state index in [1.54, 1.807) is 0 Å². The number of fused-ring (bicyclic) bond motifs is 16. The molecule has 4 aromatic heterocycles. The van der Waals surface area contributed by atoms with Crippen molar-refractivity contribution in [2.24, 2.45) is 0 Å². The first kappa shape index (κ1) is 80.4. The number of para-hydroxylation sites is 2. The Morgan fingerprint density at radius 1 is 0.213 bits per heavy atom. The van der Waals surface area contributed by atoms with Gasteiger partial charge in [0.15, 0.2) is 11.6 Å². The molecule has 0 amide bonds. The summed E-state index contributed by atoms with van der Waals surface area (Å²) in [5.41, 5.74) is 23.1. The molecule has 5 heterocycles. The molecule has 0 saturated carbocycles. The lowest BCUT2D eigenvalue weighted by atomic mass is 9.78. The van der Waals surface area contributed by atoms with Crippen LogP contribution >= 0.6 is 15.9 Å². The zero-order chi connectivity index (χ0) is 84.8. The molecular formula is C117H86BBrN6O2. The van der Waals surface area contributed by atoms with Crippen LogP contribution in [0.4, 0.5) is 0 Å². The van der Waals surface area contributed by atoms with E-state index in [0.29, 0.717) is 5.82 Å². The molecule has 127 heavy (non-hydrogen) atoms. The zero-order valence-corrected chi connectivity index (χ0v) is 71.5. The summed E-state index contributed by atoms with van der Waals surface area (Å²) in [7, 11) is -0.422. The van der Waals surface area contributed by atoms with Gasteiger partial charge >= 0.3 is 7.12 Å². The van der Waals surface area contributed by atoms with Gasteiger partial charge in [-0.05, 0) is 152 Å². The molecule has 0 radical (unpaired) electrons. The van der Waals surface area contributed by atoms with Crippen LogP contribution in [0.15, 0.2) is 429 Å². The molecule has 1 aliphatic heterocycles. The van der Waals surface area contributed by atoms with Gasteiger partial charge in [-0.2, -0.15) is 0 Å². The normalized spacial score (nSPS) is 12.7. The van der Waals surface area contributed by atoms with Gasteiger partial charge in [-0.3, -0.25) is 0 Å². The van der Waals surface area contributed by atoms with E-state index in [0.717, 1.165) is 117 Å². The Bertz CT molecular complexity index is 7860. The number of hydrogen-bond donors (Lipinski definition) is 0. The molecule has 0 unspecified atom stereocenters. The van der Waals surface area contributed by atoms with Gasteiger partial charge in [0, 0.05) is 81.3 Å². The number of halogens is 1. The Kier molecular flexibility index (Phi) is 21.7. The average Bonchev–Trinajstić information content (AvgIpc) is 1.57. The van der Waals surface area contributed by atoms with E-state index < -0.39 is 18.3 Å². The maximum Gasteiger partial charge on any atom is 0.494 e. The SMILES string of the molecule is Brc1ccc(-c2cc(-c3ccc(-c4ccccc4)cc3)nc(-c3ccccc3)n2)cc1.C.CC1(C)OB(c2cccc(-c3nc4ccccc4c4c5ccccc5c5ccccc5c34)c2)OC1(C)C.c1ccc(-c2ccc(-c3cc(-c4ccc(-c5cccc(-c6nc7ccccc7c7c8ccccc8c8ccccc8c67)c5)cc4)nc(-c4ccccc4)n3)cc2)cc1. The van der Waals surface area contributed by atoms with Crippen molar-refractivity contribution in [3.63, 3.8) is 0 Å². The quantitative estimate of drug-likeness (QED) is 0.0882. The molecule has 10 heteroatoms. The Morgan fingerprint density at radius 2 is 0.472 bits per heavy atom. The monoisotopic (exact) mass is 1700 g/mol. The number of rotatable bonds is 12. The van der Waals surface area contributed by atoms with Crippen molar-refractivity contribution in [2.75, 3.05) is 0 Å². The second kappa shape index (κ2) is 34.2. The zero-order valence-electron chi connectivity index (χ0n) is 69.9. The molecule has 22 aromatic rings. The smallest absolute Gasteiger partial charge is 0.399 e. The van der Waals surface area contributed by atoms with Gasteiger partial charge in [-0.1, -0.05) is 406 Å². The third-order valence-corrected chi connectivity index (χ3v) is 25.2. The van der Waals surface area contributed by atoms with Crippen LogP contribution in [0.25, 0.3) is 210 Å². The van der Waals surface area contributed by atoms with Crippen LogP contribution in [0.1, 0.15) is 35.1 Å². The fraction of sp³-hybridized carbons (Fsp3) is 0.0598. The third-order valence-electron chi connectivity index (χ3n) is 24.7. The molecule has 0 bridgehead atoms. The van der Waals surface area contributed by atoms with Crippen LogP contribution in [0.3, 0.4) is 0 Å². The minimum absolute atomic E-state index is 0. The highest BCUT2D eigenvalue weighted by Crippen LogP contribution is 2.47. The summed E-state index contributed by atoms with van der Waals surface area (Å²) < 4.78 is 13.8. The highest BCUT2D eigenvalue weighted by molar-refractivity contribution is 9.10. The molecule has 606 valence electrons. The summed E-state index contributed by atoms with van der Waals surface area (Å²) in [5, 5.41) is 17.1. The largest absolute Gasteiger partial charge is 0.494 e. The fourth-order valence-electron chi connectivity index (χ4n) is 17.6. The van der Waals surface area contributed by atoms with E-state index in [1.165, 1.54) is 97.7 Å². The predicted molar refractivity (Wildman–Crippen MR) is 536 cm³/mol. The number of benzene rings is 18. The molecule has 0 N–H and O–H groups in total. The molecule has 1 saturated heterocycles. The lowest BCUT2D eigenvalue weighted by Gasteiger charge is -2.32. The first-order chi connectivity index (χ1) is 61.8. The topological polar surface area (TPSA) is 95.8 Å². The average molecular weight is 1700 g/mol. The summed E-state index contributed by atoms with van der Waals surface area (Å²) in [4.78, 5) is 30.6. The second-order valence-corrected chi connectivity index (χ2v) is 34.0. The van der Waals surface area contributed by atoms with Crippen LogP contribution in [0.2, 0.25) is 0 Å². The van der Waals surface area contributed by atoms with Crippen LogP contribution in [0, 0.1) is 0 Å². The molecule has 0 atom stereocenters. The van der Waals surface area contributed by atoms with Crippen LogP contribution in [0.5, 0.6) is 0 Å². The summed E-state index contributed by atoms with van der Waals surface area (Å²) >= 11 is 3.51. The van der Waals surface area contributed by atoms with Gasteiger partial charge in [0.2, 0.25) is 0 Å². The van der Waals surface area contributed by atoms with Crippen molar-refractivity contribution in [3.05, 3.63) is 429 Å². The van der Waals surface area contributed by atoms with Crippen LogP contribution in [-0.2, 0) is 9.31 Å². The molecule has 18 aromatic carbocycles. The predicted octanol–water partition coefficient (Wildman–Crippen LogP) is 30.7. The lowest BCUT2D eigenvalue weighted by Crippen LogP contribution is -2.41. The van der Waals surface area contributed by atoms with Crippen molar-refractivity contribution in [2.45, 2.75) is 46.3 Å². The molecular weight excluding hydrogens is 1610 g/mol. The van der Waals surface area contributed by atoms with Gasteiger partial charge in [0.05, 0.1) is 56.4 Å². The van der Waals surface area contributed by atoms with Crippen molar-refractivity contribution in [1.29, 1.82) is 0 Å². The van der Waals surface area contributed by atoms with E-state index >= 15 is 0 Å². The standard InChI is InChI=1S/C55H35N3.C33H28BNO2.C28H19BrN2.CH4/c1-3-14-36(15-4-1)37-26-30-39(31-27-37)50-35-51(58-55(57-50)41-16-5-2-6-17-41)40-32-28-38(29-33-40)42-18-13-19-43(34-42)54-53-47-23-10-8-21-45(47)44-20-7-9-22-46(44)52(53)48-24-11-12-25-49(48)56-54;1-32(2)33(3,4)37-34(36-32)22-13-11-12-21(20-22)31-30-26-17-8-6-15-24(26)23-14-5-7-16-25(23)29(30)27-18-9-10-19-28(27)35-31;29-25-17-15-23(16-18-25)27-19-26(30-28(31-27)24-9-5-2-6-10-24)22-13-11-21(12-14-22)20-7-3-1-4-8-20;/h1-35H;5-20H,1-4H3;1-19H;1H4. The molecule has 1 fully saturated rings. The third kappa shape index (κ3) is 15.7. The van der Waals surface area contributed by atoms with Crippen LogP contribution in [-0.4, -0.2) is 48.2 Å². The Morgan fingerprint density at radius 3 is 0.843 bits per heavy atom. The summed E-state index contributed by atoms with van der Waals surface area (Å²) in [5.74, 6) is 1.43. The maximum absolute atomic E-state index is 6.38. The van der Waals surface area contributed by atoms with Crippen molar-refractivity contribution < 1.29 is 9.31 Å². The van der Waals surface area contributed by atoms with E-state index in [-0.39, 0.29) is 7.43 Å². The first-order valence-electron chi connectivity index (χ1n) is 42.7. The van der Waals surface area contributed by atoms with Crippen molar-refractivity contribution >= 4 is 115 Å². The number of aromatic nitrogens is 6. The Labute approximate surface area is 747 Å². The van der Waals surface area contributed by atoms with E-state index in [1.807, 2.05) is 72.8 Å². The first-order valence-corrected chi connectivity index (χ1v) is 43.5. The maximum atomic E-state index is 6.38.